The Morgan fingerprint density at radius 2 is 2.08 bits per heavy atom. The van der Waals surface area contributed by atoms with Gasteiger partial charge in [0.2, 0.25) is 0 Å². The van der Waals surface area contributed by atoms with E-state index in [1.807, 2.05) is 43.1 Å². The minimum atomic E-state index is 0.0846. The third kappa shape index (κ3) is 2.89. The lowest BCUT2D eigenvalue weighted by atomic mass is 9.90. The molecule has 1 amide bonds. The van der Waals surface area contributed by atoms with Crippen molar-refractivity contribution < 1.29 is 4.79 Å². The monoisotopic (exact) mass is 396 g/mol. The predicted octanol–water partition coefficient (Wildman–Crippen LogP) is 5.39. The van der Waals surface area contributed by atoms with Gasteiger partial charge < -0.3 is 9.88 Å². The number of benzene rings is 2. The second-order valence-electron chi connectivity index (χ2n) is 6.90. The van der Waals surface area contributed by atoms with Crippen LogP contribution in [0.5, 0.6) is 0 Å². The molecule has 0 saturated heterocycles. The number of halogens is 1. The molecule has 0 fully saturated rings. The topological polar surface area (TPSA) is 36.1 Å². The van der Waals surface area contributed by atoms with Gasteiger partial charge >= 0.3 is 0 Å². The van der Waals surface area contributed by atoms with E-state index in [2.05, 4.69) is 39.1 Å². The molecule has 0 aliphatic heterocycles. The average molecular weight is 397 g/mol. The van der Waals surface area contributed by atoms with Gasteiger partial charge in [-0.25, -0.2) is 0 Å². The van der Waals surface area contributed by atoms with Gasteiger partial charge in [0, 0.05) is 33.7 Å². The van der Waals surface area contributed by atoms with Gasteiger partial charge in [-0.1, -0.05) is 33.6 Å². The van der Waals surface area contributed by atoms with Crippen molar-refractivity contribution in [2.24, 2.45) is 0 Å². The van der Waals surface area contributed by atoms with Gasteiger partial charge in [0.15, 0.2) is 0 Å². The predicted molar refractivity (Wildman–Crippen MR) is 105 cm³/mol. The molecule has 3 nitrogen and oxygen atoms in total. The van der Waals surface area contributed by atoms with Gasteiger partial charge in [-0.15, -0.1) is 0 Å². The summed E-state index contributed by atoms with van der Waals surface area (Å²) in [5.41, 5.74) is 5.57. The zero-order chi connectivity index (χ0) is 17.6. The highest BCUT2D eigenvalue weighted by Crippen LogP contribution is 2.38. The van der Waals surface area contributed by atoms with Crippen molar-refractivity contribution in [1.29, 1.82) is 0 Å². The summed E-state index contributed by atoms with van der Waals surface area (Å²) < 4.78 is 1.09. The van der Waals surface area contributed by atoms with Crippen molar-refractivity contribution in [2.75, 3.05) is 7.05 Å². The van der Waals surface area contributed by atoms with Gasteiger partial charge in [-0.2, -0.15) is 0 Å². The second kappa shape index (κ2) is 6.34. The Morgan fingerprint density at radius 3 is 2.88 bits per heavy atom. The fourth-order valence-corrected chi connectivity index (χ4v) is 4.28. The summed E-state index contributed by atoms with van der Waals surface area (Å²) in [5.74, 6) is 0.0846. The van der Waals surface area contributed by atoms with E-state index in [-0.39, 0.29) is 11.9 Å². The van der Waals surface area contributed by atoms with Crippen molar-refractivity contribution in [3.63, 3.8) is 0 Å². The van der Waals surface area contributed by atoms with E-state index in [9.17, 15) is 4.79 Å². The number of hydrogen-bond donors (Lipinski definition) is 1. The highest BCUT2D eigenvalue weighted by molar-refractivity contribution is 9.10. The molecule has 4 heteroatoms. The summed E-state index contributed by atoms with van der Waals surface area (Å²) >= 11 is 3.57. The van der Waals surface area contributed by atoms with Crippen LogP contribution in [0.3, 0.4) is 0 Å². The van der Waals surface area contributed by atoms with Gasteiger partial charge in [-0.3, -0.25) is 4.79 Å². The molecule has 3 aromatic rings. The zero-order valence-electron chi connectivity index (χ0n) is 14.5. The molecule has 128 valence electrons. The van der Waals surface area contributed by atoms with Gasteiger partial charge in [0.1, 0.15) is 0 Å². The molecule has 1 atom stereocenters. The molecule has 1 N–H and O–H groups in total. The number of nitrogens with zero attached hydrogens (tertiary/aromatic N) is 1. The van der Waals surface area contributed by atoms with Crippen molar-refractivity contribution in [2.45, 2.75) is 32.2 Å². The lowest BCUT2D eigenvalue weighted by Gasteiger charge is -2.31. The number of nitrogens with one attached hydrogen (secondary N) is 1. The maximum atomic E-state index is 13.0. The van der Waals surface area contributed by atoms with E-state index in [0.29, 0.717) is 0 Å². The Kier molecular flexibility index (Phi) is 4.16. The Labute approximate surface area is 156 Å². The average Bonchev–Trinajstić information content (AvgIpc) is 2.98. The SMILES string of the molecule is Cc1cccc(C(=O)N(C)C2CCCc3c2[nH]c2ccc(Br)cc32)c1. The first-order valence-electron chi connectivity index (χ1n) is 8.68. The van der Waals surface area contributed by atoms with E-state index in [0.717, 1.165) is 40.4 Å². The largest absolute Gasteiger partial charge is 0.356 e. The number of carbonyl (C=O) groups excluding carboxylic acids is 1. The fraction of sp³-hybridized carbons (Fsp3) is 0.286. The quantitative estimate of drug-likeness (QED) is 0.619. The number of amides is 1. The highest BCUT2D eigenvalue weighted by Gasteiger charge is 2.30. The number of carbonyl (C=O) groups is 1. The Morgan fingerprint density at radius 1 is 1.24 bits per heavy atom. The molecular formula is C21H21BrN2O. The number of aromatic amines is 1. The minimum absolute atomic E-state index is 0.0846. The van der Waals surface area contributed by atoms with Crippen LogP contribution in [0.4, 0.5) is 0 Å². The molecule has 0 saturated carbocycles. The van der Waals surface area contributed by atoms with Crippen LogP contribution in [-0.2, 0) is 6.42 Å². The van der Waals surface area contributed by atoms with Crippen LogP contribution >= 0.6 is 15.9 Å². The number of aromatic nitrogens is 1. The molecule has 0 radical (unpaired) electrons. The van der Waals surface area contributed by atoms with E-state index in [1.165, 1.54) is 16.6 Å². The van der Waals surface area contributed by atoms with Crippen LogP contribution in [-0.4, -0.2) is 22.8 Å². The number of aryl methyl sites for hydroxylation is 2. The lowest BCUT2D eigenvalue weighted by Crippen LogP contribution is -2.33. The van der Waals surface area contributed by atoms with Crippen molar-refractivity contribution in [1.82, 2.24) is 9.88 Å². The third-order valence-electron chi connectivity index (χ3n) is 5.19. The van der Waals surface area contributed by atoms with Gasteiger partial charge in [0.25, 0.3) is 5.91 Å². The van der Waals surface area contributed by atoms with Crippen LogP contribution in [0.25, 0.3) is 10.9 Å². The first-order valence-corrected chi connectivity index (χ1v) is 9.48. The fourth-order valence-electron chi connectivity index (χ4n) is 3.92. The van der Waals surface area contributed by atoms with Gasteiger partial charge in [-0.05, 0) is 62.1 Å². The van der Waals surface area contributed by atoms with E-state index < -0.39 is 0 Å². The molecule has 1 aromatic heterocycles. The number of H-pyrrole nitrogens is 1. The second-order valence-corrected chi connectivity index (χ2v) is 7.82. The number of rotatable bonds is 2. The Bertz CT molecular complexity index is 960. The van der Waals surface area contributed by atoms with Crippen molar-refractivity contribution in [3.8, 4) is 0 Å². The van der Waals surface area contributed by atoms with Crippen LogP contribution in [0, 0.1) is 6.92 Å². The first-order chi connectivity index (χ1) is 12.0. The van der Waals surface area contributed by atoms with E-state index in [4.69, 9.17) is 0 Å². The van der Waals surface area contributed by atoms with Crippen molar-refractivity contribution in [3.05, 3.63) is 69.3 Å². The summed E-state index contributed by atoms with van der Waals surface area (Å²) in [6.07, 6.45) is 3.16. The van der Waals surface area contributed by atoms with Crippen LogP contribution in [0.2, 0.25) is 0 Å². The Hall–Kier alpha value is -2.07. The van der Waals surface area contributed by atoms with Crippen molar-refractivity contribution >= 4 is 32.7 Å². The number of hydrogen-bond acceptors (Lipinski definition) is 1. The number of fused-ring (bicyclic) bond motifs is 3. The molecule has 0 bridgehead atoms. The minimum Gasteiger partial charge on any atom is -0.356 e. The standard InChI is InChI=1S/C21H21BrN2O/c1-13-5-3-6-14(11-13)21(25)24(2)19-8-4-7-16-17-12-15(22)9-10-18(17)23-20(16)19/h3,5-6,9-12,19,23H,4,7-8H2,1-2H3. The smallest absolute Gasteiger partial charge is 0.254 e. The summed E-state index contributed by atoms with van der Waals surface area (Å²) in [6.45, 7) is 2.02. The molecule has 1 aliphatic carbocycles. The molecule has 4 rings (SSSR count). The molecule has 25 heavy (non-hydrogen) atoms. The Balaban J connectivity index is 1.73. The zero-order valence-corrected chi connectivity index (χ0v) is 16.1. The maximum absolute atomic E-state index is 13.0. The van der Waals surface area contributed by atoms with Crippen LogP contribution < -0.4 is 0 Å². The van der Waals surface area contributed by atoms with Crippen LogP contribution in [0.15, 0.2) is 46.9 Å². The normalized spacial score (nSPS) is 16.7. The molecule has 1 aliphatic rings. The van der Waals surface area contributed by atoms with E-state index >= 15 is 0 Å². The molecule has 0 spiro atoms. The highest BCUT2D eigenvalue weighted by atomic mass is 79.9. The summed E-state index contributed by atoms with van der Waals surface area (Å²) in [6, 6.07) is 14.3. The molecular weight excluding hydrogens is 376 g/mol. The van der Waals surface area contributed by atoms with Crippen LogP contribution in [0.1, 0.15) is 46.1 Å². The van der Waals surface area contributed by atoms with E-state index in [1.54, 1.807) is 0 Å². The maximum Gasteiger partial charge on any atom is 0.254 e. The summed E-state index contributed by atoms with van der Waals surface area (Å²) in [5, 5.41) is 1.27. The molecule has 1 heterocycles. The summed E-state index contributed by atoms with van der Waals surface area (Å²) in [7, 11) is 1.92. The van der Waals surface area contributed by atoms with Gasteiger partial charge in [0.05, 0.1) is 6.04 Å². The molecule has 2 aromatic carbocycles. The lowest BCUT2D eigenvalue weighted by molar-refractivity contribution is 0.0712. The molecule has 1 unspecified atom stereocenters. The third-order valence-corrected chi connectivity index (χ3v) is 5.68. The first kappa shape index (κ1) is 16.4. The summed E-state index contributed by atoms with van der Waals surface area (Å²) in [4.78, 5) is 18.5.